The van der Waals surface area contributed by atoms with E-state index >= 15 is 0 Å². The summed E-state index contributed by atoms with van der Waals surface area (Å²) in [6.07, 6.45) is 7.82. The Labute approximate surface area is 167 Å². The van der Waals surface area contributed by atoms with Crippen LogP contribution in [0.1, 0.15) is 51.9 Å². The number of rotatable bonds is 5. The van der Waals surface area contributed by atoms with E-state index < -0.39 is 0 Å². The Morgan fingerprint density at radius 2 is 1.83 bits per heavy atom. The first kappa shape index (κ1) is 17.6. The van der Waals surface area contributed by atoms with Crippen molar-refractivity contribution in [3.05, 3.63) is 60.2 Å². The number of nitrogens with one attached hydrogen (secondary N) is 2. The van der Waals surface area contributed by atoms with E-state index in [-0.39, 0.29) is 17.9 Å². The van der Waals surface area contributed by atoms with Gasteiger partial charge >= 0.3 is 0 Å². The third-order valence-corrected chi connectivity index (χ3v) is 5.45. The van der Waals surface area contributed by atoms with Crippen molar-refractivity contribution in [1.29, 1.82) is 0 Å². The third kappa shape index (κ3) is 3.63. The van der Waals surface area contributed by atoms with Crippen molar-refractivity contribution in [3.63, 3.8) is 0 Å². The minimum Gasteiger partial charge on any atom is -0.346 e. The summed E-state index contributed by atoms with van der Waals surface area (Å²) in [4.78, 5) is 34.4. The molecule has 5 rings (SSSR count). The molecule has 2 aliphatic rings. The lowest BCUT2D eigenvalue weighted by atomic mass is 10.2. The number of hydrogen-bond acceptors (Lipinski definition) is 5. The van der Waals surface area contributed by atoms with Crippen molar-refractivity contribution < 1.29 is 9.59 Å². The summed E-state index contributed by atoms with van der Waals surface area (Å²) in [6.45, 7) is 1.12. The molecular formula is C20H21N7O2. The number of nitrogens with zero attached hydrogens (tertiary/aromatic N) is 5. The van der Waals surface area contributed by atoms with Crippen molar-refractivity contribution >= 4 is 11.8 Å². The van der Waals surface area contributed by atoms with Gasteiger partial charge in [-0.1, -0.05) is 0 Å². The van der Waals surface area contributed by atoms with Crippen LogP contribution in [0.2, 0.25) is 0 Å². The van der Waals surface area contributed by atoms with Gasteiger partial charge in [-0.05, 0) is 43.5 Å². The molecule has 1 atom stereocenters. The van der Waals surface area contributed by atoms with Crippen LogP contribution in [0.4, 0.5) is 0 Å². The van der Waals surface area contributed by atoms with Crippen LogP contribution in [0.5, 0.6) is 0 Å². The Balaban J connectivity index is 1.18. The molecule has 0 spiro atoms. The lowest BCUT2D eigenvalue weighted by Crippen LogP contribution is -2.38. The van der Waals surface area contributed by atoms with Gasteiger partial charge in [0, 0.05) is 36.3 Å². The molecule has 148 valence electrons. The van der Waals surface area contributed by atoms with Crippen LogP contribution in [0.3, 0.4) is 0 Å². The molecule has 2 amide bonds. The van der Waals surface area contributed by atoms with E-state index in [0.717, 1.165) is 30.8 Å². The van der Waals surface area contributed by atoms with Gasteiger partial charge in [0.2, 0.25) is 0 Å². The molecule has 3 aromatic rings. The summed E-state index contributed by atoms with van der Waals surface area (Å²) in [5.41, 5.74) is 2.00. The molecule has 0 unspecified atom stereocenters. The zero-order valence-electron chi connectivity index (χ0n) is 15.8. The lowest BCUT2D eigenvalue weighted by Gasteiger charge is -2.17. The largest absolute Gasteiger partial charge is 0.346 e. The predicted octanol–water partition coefficient (Wildman–Crippen LogP) is 1.51. The maximum Gasteiger partial charge on any atom is 0.269 e. The van der Waals surface area contributed by atoms with Crippen LogP contribution in [0.25, 0.3) is 5.69 Å². The van der Waals surface area contributed by atoms with Crippen LogP contribution in [0, 0.1) is 0 Å². The zero-order chi connectivity index (χ0) is 19.8. The minimum absolute atomic E-state index is 0.0328. The average molecular weight is 391 g/mol. The highest BCUT2D eigenvalue weighted by Crippen LogP contribution is 2.38. The Kier molecular flexibility index (Phi) is 4.34. The van der Waals surface area contributed by atoms with Crippen LogP contribution in [-0.2, 0) is 0 Å². The van der Waals surface area contributed by atoms with E-state index in [2.05, 4.69) is 25.5 Å². The molecule has 1 aliphatic heterocycles. The molecule has 9 nitrogen and oxygen atoms in total. The van der Waals surface area contributed by atoms with Gasteiger partial charge in [-0.15, -0.1) is 10.2 Å². The molecule has 1 saturated carbocycles. The van der Waals surface area contributed by atoms with Crippen LogP contribution in [-0.4, -0.2) is 60.6 Å². The van der Waals surface area contributed by atoms with Gasteiger partial charge in [0.05, 0.1) is 6.20 Å². The molecule has 1 saturated heterocycles. The fourth-order valence-electron chi connectivity index (χ4n) is 3.63. The van der Waals surface area contributed by atoms with Gasteiger partial charge < -0.3 is 15.2 Å². The molecule has 2 fully saturated rings. The maximum absolute atomic E-state index is 12.8. The van der Waals surface area contributed by atoms with E-state index in [0.29, 0.717) is 30.3 Å². The molecule has 2 aromatic heterocycles. The van der Waals surface area contributed by atoms with Gasteiger partial charge in [-0.2, -0.15) is 0 Å². The summed E-state index contributed by atoms with van der Waals surface area (Å²) in [6, 6.07) is 7.26. The second kappa shape index (κ2) is 7.16. The smallest absolute Gasteiger partial charge is 0.269 e. The van der Waals surface area contributed by atoms with E-state index in [1.54, 1.807) is 40.5 Å². The topological polar surface area (TPSA) is 109 Å². The molecule has 1 aromatic carbocycles. The molecule has 1 aliphatic carbocycles. The second-order valence-electron chi connectivity index (χ2n) is 7.58. The van der Waals surface area contributed by atoms with Crippen molar-refractivity contribution in [2.75, 3.05) is 13.1 Å². The Morgan fingerprint density at radius 3 is 2.55 bits per heavy atom. The lowest BCUT2D eigenvalue weighted by molar-refractivity contribution is 0.0783. The molecule has 9 heteroatoms. The van der Waals surface area contributed by atoms with Gasteiger partial charge in [-0.3, -0.25) is 14.2 Å². The number of carbonyl (C=O) groups is 2. The van der Waals surface area contributed by atoms with Crippen molar-refractivity contribution in [3.8, 4) is 5.69 Å². The Morgan fingerprint density at radius 1 is 1.07 bits per heavy atom. The summed E-state index contributed by atoms with van der Waals surface area (Å²) >= 11 is 0. The SMILES string of the molecule is O=C(N[C@@H]1CCN(C(=O)c2ccc(-n3cnnc3)cc2)C1)c1cnc(C2CC2)[nH]1. The molecule has 2 N–H and O–H groups in total. The molecule has 29 heavy (non-hydrogen) atoms. The number of likely N-dealkylation sites (tertiary alicyclic amines) is 1. The number of carbonyl (C=O) groups excluding carboxylic acids is 2. The normalized spacial score (nSPS) is 18.8. The third-order valence-electron chi connectivity index (χ3n) is 5.45. The summed E-state index contributed by atoms with van der Waals surface area (Å²) in [5, 5.41) is 10.6. The fraction of sp³-hybridized carbons (Fsp3) is 0.350. The number of amides is 2. The van der Waals surface area contributed by atoms with Crippen molar-refractivity contribution in [1.82, 2.24) is 34.9 Å². The number of imidazole rings is 1. The number of H-pyrrole nitrogens is 1. The predicted molar refractivity (Wildman–Crippen MR) is 104 cm³/mol. The Bertz CT molecular complexity index is 1020. The van der Waals surface area contributed by atoms with Gasteiger partial charge in [0.15, 0.2) is 0 Å². The molecule has 0 bridgehead atoms. The maximum atomic E-state index is 12.8. The van der Waals surface area contributed by atoms with Gasteiger partial charge in [0.1, 0.15) is 24.2 Å². The Hall–Kier alpha value is -3.49. The highest BCUT2D eigenvalue weighted by molar-refractivity contribution is 5.95. The highest BCUT2D eigenvalue weighted by atomic mass is 16.2. The first-order valence-electron chi connectivity index (χ1n) is 9.77. The second-order valence-corrected chi connectivity index (χ2v) is 7.58. The fourth-order valence-corrected chi connectivity index (χ4v) is 3.63. The first-order valence-corrected chi connectivity index (χ1v) is 9.77. The summed E-state index contributed by atoms with van der Waals surface area (Å²) in [7, 11) is 0. The molecular weight excluding hydrogens is 370 g/mol. The number of hydrogen-bond donors (Lipinski definition) is 2. The first-order chi connectivity index (χ1) is 14.2. The summed E-state index contributed by atoms with van der Waals surface area (Å²) in [5.74, 6) is 1.18. The van der Waals surface area contributed by atoms with E-state index in [9.17, 15) is 9.59 Å². The van der Waals surface area contributed by atoms with E-state index in [1.165, 1.54) is 0 Å². The number of aromatic nitrogens is 5. The number of benzene rings is 1. The summed E-state index contributed by atoms with van der Waals surface area (Å²) < 4.78 is 1.78. The highest BCUT2D eigenvalue weighted by Gasteiger charge is 2.30. The van der Waals surface area contributed by atoms with Crippen molar-refractivity contribution in [2.45, 2.75) is 31.2 Å². The van der Waals surface area contributed by atoms with E-state index in [1.807, 2.05) is 12.1 Å². The van der Waals surface area contributed by atoms with E-state index in [4.69, 9.17) is 0 Å². The van der Waals surface area contributed by atoms with Crippen LogP contribution in [0.15, 0.2) is 43.1 Å². The van der Waals surface area contributed by atoms with Gasteiger partial charge in [0.25, 0.3) is 11.8 Å². The quantitative estimate of drug-likeness (QED) is 0.685. The monoisotopic (exact) mass is 391 g/mol. The van der Waals surface area contributed by atoms with Crippen molar-refractivity contribution in [2.24, 2.45) is 0 Å². The molecule has 0 radical (unpaired) electrons. The van der Waals surface area contributed by atoms with Gasteiger partial charge in [-0.25, -0.2) is 4.98 Å². The van der Waals surface area contributed by atoms with Crippen LogP contribution >= 0.6 is 0 Å². The minimum atomic E-state index is -0.165. The average Bonchev–Trinajstić information content (AvgIpc) is 3.18. The van der Waals surface area contributed by atoms with Crippen LogP contribution < -0.4 is 5.32 Å². The molecule has 3 heterocycles. The zero-order valence-corrected chi connectivity index (χ0v) is 15.8. The standard InChI is InChI=1S/C20H21N7O2/c28-19(17-9-21-18(25-17)13-1-2-13)24-15-7-8-26(10-15)20(29)14-3-5-16(6-4-14)27-11-22-23-12-27/h3-6,9,11-13,15H,1-2,7-8,10H2,(H,21,25)(H,24,28)/t15-/m1/s1. The number of aromatic amines is 1.